The molecule has 0 atom stereocenters. The van der Waals surface area contributed by atoms with Crippen molar-refractivity contribution in [1.29, 1.82) is 0 Å². The first-order chi connectivity index (χ1) is 24.3. The van der Waals surface area contributed by atoms with E-state index < -0.39 is 0 Å². The number of anilines is 3. The van der Waals surface area contributed by atoms with Crippen LogP contribution in [0.1, 0.15) is 0 Å². The van der Waals surface area contributed by atoms with E-state index in [1.54, 1.807) is 0 Å². The highest BCUT2D eigenvalue weighted by molar-refractivity contribution is 6.20. The van der Waals surface area contributed by atoms with Crippen molar-refractivity contribution in [2.45, 2.75) is 0 Å². The number of aromatic nitrogens is 1. The van der Waals surface area contributed by atoms with Gasteiger partial charge in [0.1, 0.15) is 11.2 Å². The lowest BCUT2D eigenvalue weighted by Crippen LogP contribution is -2.09. The van der Waals surface area contributed by atoms with E-state index in [2.05, 4.69) is 191 Å². The number of nitrogens with zero attached hydrogens (tertiary/aromatic N) is 2. The van der Waals surface area contributed by atoms with E-state index in [1.165, 1.54) is 38.1 Å². The Morgan fingerprint density at radius 3 is 1.73 bits per heavy atom. The van der Waals surface area contributed by atoms with E-state index in [4.69, 9.17) is 4.42 Å². The maximum absolute atomic E-state index is 6.48. The molecular weight excluding hydrogens is 597 g/mol. The molecule has 2 aromatic heterocycles. The Morgan fingerprint density at radius 1 is 0.388 bits per heavy atom. The van der Waals surface area contributed by atoms with Gasteiger partial charge in [0.05, 0.1) is 11.0 Å². The lowest BCUT2D eigenvalue weighted by atomic mass is 9.98. The summed E-state index contributed by atoms with van der Waals surface area (Å²) in [6.45, 7) is 0. The number of hydrogen-bond acceptors (Lipinski definition) is 2. The largest absolute Gasteiger partial charge is 0.456 e. The molecule has 0 unspecified atom stereocenters. The lowest BCUT2D eigenvalue weighted by molar-refractivity contribution is 0.669. The van der Waals surface area contributed by atoms with Crippen LogP contribution in [-0.4, -0.2) is 4.57 Å². The summed E-state index contributed by atoms with van der Waals surface area (Å²) in [6, 6.07) is 64.9. The van der Waals surface area contributed by atoms with E-state index >= 15 is 0 Å². The minimum absolute atomic E-state index is 0.890. The second kappa shape index (κ2) is 11.0. The van der Waals surface area contributed by atoms with Gasteiger partial charge < -0.3 is 13.9 Å². The Hall–Kier alpha value is -6.58. The number of para-hydroxylation sites is 4. The molecule has 0 bridgehead atoms. The van der Waals surface area contributed by atoms with E-state index in [9.17, 15) is 0 Å². The van der Waals surface area contributed by atoms with Gasteiger partial charge in [-0.2, -0.15) is 0 Å². The maximum Gasteiger partial charge on any atom is 0.136 e. The number of fused-ring (bicyclic) bond motifs is 8. The smallest absolute Gasteiger partial charge is 0.136 e. The van der Waals surface area contributed by atoms with E-state index in [-0.39, 0.29) is 0 Å². The fourth-order valence-corrected chi connectivity index (χ4v) is 7.51. The molecule has 2 heterocycles. The molecule has 230 valence electrons. The molecule has 0 fully saturated rings. The van der Waals surface area contributed by atoms with Gasteiger partial charge in [0, 0.05) is 44.3 Å². The van der Waals surface area contributed by atoms with Gasteiger partial charge in [0.15, 0.2) is 0 Å². The Bertz CT molecular complexity index is 2770. The number of hydrogen-bond donors (Lipinski definition) is 0. The zero-order chi connectivity index (χ0) is 32.3. The molecule has 49 heavy (non-hydrogen) atoms. The topological polar surface area (TPSA) is 21.3 Å². The van der Waals surface area contributed by atoms with Crippen LogP contribution in [0.15, 0.2) is 186 Å². The summed E-state index contributed by atoms with van der Waals surface area (Å²) in [5, 5.41) is 7.10. The van der Waals surface area contributed by atoms with Crippen LogP contribution >= 0.6 is 0 Å². The first kappa shape index (κ1) is 27.5. The molecule has 0 aliphatic carbocycles. The van der Waals surface area contributed by atoms with Crippen molar-refractivity contribution in [3.05, 3.63) is 182 Å². The normalized spacial score (nSPS) is 11.7. The summed E-state index contributed by atoms with van der Waals surface area (Å²) in [4.78, 5) is 2.31. The molecule has 0 aliphatic heterocycles. The zero-order valence-corrected chi connectivity index (χ0v) is 26.6. The third-order valence-electron chi connectivity index (χ3n) is 9.74. The third kappa shape index (κ3) is 4.44. The Kier molecular flexibility index (Phi) is 6.18. The second-order valence-corrected chi connectivity index (χ2v) is 12.6. The quantitative estimate of drug-likeness (QED) is 0.190. The van der Waals surface area contributed by atoms with Crippen LogP contribution in [0.5, 0.6) is 0 Å². The first-order valence-electron chi connectivity index (χ1n) is 16.7. The monoisotopic (exact) mass is 626 g/mol. The van der Waals surface area contributed by atoms with Crippen LogP contribution in [0.3, 0.4) is 0 Å². The Balaban J connectivity index is 1.16. The molecular formula is C46H30N2O. The average Bonchev–Trinajstić information content (AvgIpc) is 3.71. The molecule has 3 nitrogen and oxygen atoms in total. The molecule has 0 aliphatic rings. The van der Waals surface area contributed by atoms with Crippen LogP contribution in [0, 0.1) is 0 Å². The fraction of sp³-hybridized carbons (Fsp3) is 0. The summed E-state index contributed by atoms with van der Waals surface area (Å²) < 4.78 is 8.84. The van der Waals surface area contributed by atoms with Crippen LogP contribution in [0.4, 0.5) is 17.1 Å². The standard InChI is InChI=1S/C46H30N2O/c1-4-12-34(13-5-1)47(35-14-6-2-7-15-35)37-24-20-31-22-27-45-46(39(31)30-37)41-29-33(23-26-44(41)49-45)32-21-25-43-40(28-32)38-18-10-11-19-42(38)48(43)36-16-8-3-9-17-36/h1-30H. The van der Waals surface area contributed by atoms with Crippen molar-refractivity contribution in [2.75, 3.05) is 4.90 Å². The third-order valence-corrected chi connectivity index (χ3v) is 9.74. The summed E-state index contributed by atoms with van der Waals surface area (Å²) in [7, 11) is 0. The molecule has 0 saturated heterocycles. The molecule has 10 rings (SSSR count). The van der Waals surface area contributed by atoms with Gasteiger partial charge in [-0.05, 0) is 107 Å². The van der Waals surface area contributed by atoms with Crippen molar-refractivity contribution < 1.29 is 4.42 Å². The number of rotatable bonds is 5. The van der Waals surface area contributed by atoms with Gasteiger partial charge in [-0.25, -0.2) is 0 Å². The Morgan fingerprint density at radius 2 is 0.980 bits per heavy atom. The minimum atomic E-state index is 0.890. The fourth-order valence-electron chi connectivity index (χ4n) is 7.51. The summed E-state index contributed by atoms with van der Waals surface area (Å²) in [5.41, 5.74) is 11.0. The van der Waals surface area contributed by atoms with Crippen LogP contribution in [0.2, 0.25) is 0 Å². The Labute approximate surface area is 283 Å². The van der Waals surface area contributed by atoms with Crippen LogP contribution in [0.25, 0.3) is 71.3 Å². The molecule has 0 spiro atoms. The number of furan rings is 1. The highest BCUT2D eigenvalue weighted by Crippen LogP contribution is 2.42. The molecule has 10 aromatic rings. The predicted molar refractivity (Wildman–Crippen MR) is 206 cm³/mol. The second-order valence-electron chi connectivity index (χ2n) is 12.6. The van der Waals surface area contributed by atoms with Gasteiger partial charge in [-0.3, -0.25) is 0 Å². The molecule has 0 amide bonds. The SMILES string of the molecule is c1ccc(N(c2ccccc2)c2ccc3ccc4oc5ccc(-c6ccc7c(c6)c6ccccc6n7-c6ccccc6)cc5c4c3c2)cc1. The predicted octanol–water partition coefficient (Wildman–Crippen LogP) is 13.0. The molecule has 3 heteroatoms. The van der Waals surface area contributed by atoms with E-state index in [0.29, 0.717) is 0 Å². The summed E-state index contributed by atoms with van der Waals surface area (Å²) in [6.07, 6.45) is 0. The first-order valence-corrected chi connectivity index (χ1v) is 16.7. The van der Waals surface area contributed by atoms with E-state index in [1.807, 2.05) is 0 Å². The van der Waals surface area contributed by atoms with Crippen molar-refractivity contribution in [2.24, 2.45) is 0 Å². The average molecular weight is 627 g/mol. The van der Waals surface area contributed by atoms with Crippen LogP contribution < -0.4 is 4.90 Å². The summed E-state index contributed by atoms with van der Waals surface area (Å²) >= 11 is 0. The maximum atomic E-state index is 6.48. The molecule has 0 radical (unpaired) electrons. The van der Waals surface area contributed by atoms with Gasteiger partial charge in [-0.1, -0.05) is 97.1 Å². The van der Waals surface area contributed by atoms with Gasteiger partial charge in [0.25, 0.3) is 0 Å². The molecule has 0 saturated carbocycles. The van der Waals surface area contributed by atoms with Crippen LogP contribution in [-0.2, 0) is 0 Å². The molecule has 8 aromatic carbocycles. The lowest BCUT2D eigenvalue weighted by Gasteiger charge is -2.25. The van der Waals surface area contributed by atoms with Crippen molar-refractivity contribution in [3.63, 3.8) is 0 Å². The van der Waals surface area contributed by atoms with Crippen molar-refractivity contribution >= 4 is 71.6 Å². The number of benzene rings is 8. The van der Waals surface area contributed by atoms with Crippen molar-refractivity contribution in [3.8, 4) is 16.8 Å². The van der Waals surface area contributed by atoms with Gasteiger partial charge in [0.2, 0.25) is 0 Å². The van der Waals surface area contributed by atoms with Crippen molar-refractivity contribution in [1.82, 2.24) is 4.57 Å². The van der Waals surface area contributed by atoms with Gasteiger partial charge >= 0.3 is 0 Å². The molecule has 0 N–H and O–H groups in total. The zero-order valence-electron chi connectivity index (χ0n) is 26.6. The summed E-state index contributed by atoms with van der Waals surface area (Å²) in [5.74, 6) is 0. The minimum Gasteiger partial charge on any atom is -0.456 e. The highest BCUT2D eigenvalue weighted by atomic mass is 16.3. The van der Waals surface area contributed by atoms with Gasteiger partial charge in [-0.15, -0.1) is 0 Å². The highest BCUT2D eigenvalue weighted by Gasteiger charge is 2.17. The van der Waals surface area contributed by atoms with E-state index in [0.717, 1.165) is 50.3 Å².